The lowest BCUT2D eigenvalue weighted by Crippen LogP contribution is -2.65. The molecule has 0 amide bonds. The fraction of sp³-hybridized carbons (Fsp3) is 0.846. The van der Waals surface area contributed by atoms with Gasteiger partial charge in [0.25, 0.3) is 16.8 Å². The van der Waals surface area contributed by atoms with Crippen LogP contribution in [0, 0.1) is 0 Å². The van der Waals surface area contributed by atoms with Gasteiger partial charge in [0, 0.05) is 19.3 Å². The van der Waals surface area contributed by atoms with Crippen molar-refractivity contribution in [2.75, 3.05) is 6.54 Å². The molecule has 0 radical (unpaired) electrons. The highest BCUT2D eigenvalue weighted by Crippen LogP contribution is 2.57. The Balaban J connectivity index is 2.30. The summed E-state index contributed by atoms with van der Waals surface area (Å²) in [5, 5.41) is 0. The third-order valence-electron chi connectivity index (χ3n) is 4.17. The van der Waals surface area contributed by atoms with Gasteiger partial charge in [-0.3, -0.25) is 4.79 Å². The molecule has 0 aromatic carbocycles. The second-order valence-corrected chi connectivity index (χ2v) is 9.16. The van der Waals surface area contributed by atoms with E-state index in [1.54, 1.807) is 6.92 Å². The molecule has 2 aliphatic heterocycles. The van der Waals surface area contributed by atoms with Crippen LogP contribution in [-0.2, 0) is 33.6 Å². The van der Waals surface area contributed by atoms with Crippen molar-refractivity contribution in [1.29, 1.82) is 0 Å². The zero-order chi connectivity index (χ0) is 16.3. The van der Waals surface area contributed by atoms with E-state index >= 15 is 0 Å². The maximum Gasteiger partial charge on any atom is 0.391 e. The first-order valence-electron chi connectivity index (χ1n) is 7.54. The van der Waals surface area contributed by atoms with Gasteiger partial charge >= 0.3 is 8.32 Å². The third-order valence-corrected chi connectivity index (χ3v) is 9.31. The van der Waals surface area contributed by atoms with Crippen LogP contribution in [0.4, 0.5) is 0 Å². The molecule has 2 heterocycles. The van der Waals surface area contributed by atoms with Gasteiger partial charge in [-0.25, -0.2) is 9.79 Å². The van der Waals surface area contributed by atoms with Crippen molar-refractivity contribution in [1.82, 2.24) is 0 Å². The van der Waals surface area contributed by atoms with Crippen LogP contribution >= 0.6 is 0 Å². The van der Waals surface area contributed by atoms with Gasteiger partial charge in [-0.15, -0.1) is 0 Å². The maximum atomic E-state index is 12.0. The number of carbonyl (C=O) groups excluding carboxylic acids is 2. The van der Waals surface area contributed by atoms with Gasteiger partial charge in [-0.05, 0) is 12.5 Å². The van der Waals surface area contributed by atoms with E-state index in [0.29, 0.717) is 31.9 Å². The van der Waals surface area contributed by atoms with Crippen molar-refractivity contribution in [3.05, 3.63) is 0 Å². The van der Waals surface area contributed by atoms with E-state index in [9.17, 15) is 9.59 Å². The first-order valence-corrected chi connectivity index (χ1v) is 9.66. The van der Waals surface area contributed by atoms with Crippen LogP contribution in [0.2, 0.25) is 6.04 Å². The summed E-state index contributed by atoms with van der Waals surface area (Å²) in [7, 11) is -3.09. The average Bonchev–Trinajstić information content (AvgIpc) is 3.44. The molecule has 2 fully saturated rings. The zero-order valence-corrected chi connectivity index (χ0v) is 14.0. The Morgan fingerprint density at radius 2 is 1.68 bits per heavy atom. The first-order chi connectivity index (χ1) is 10.6. The van der Waals surface area contributed by atoms with Crippen LogP contribution < -0.4 is 0 Å². The largest absolute Gasteiger partial charge is 0.507 e. The SMILES string of the molecule is CCC(=O)O[Si](CCCN=C=O)(C1(CC)OO1)C1(CC)OO1. The summed E-state index contributed by atoms with van der Waals surface area (Å²) < 4.78 is 5.86. The van der Waals surface area contributed by atoms with E-state index in [-0.39, 0.29) is 12.4 Å². The topological polar surface area (TPSA) is 106 Å². The standard InChI is InChI=1S/C13H21NO7Si/c1-4-11(16)17-22(9-7-8-14-10-15,12(5-2)18-19-12)13(6-3)20-21-13/h4-9H2,1-3H3. The molecule has 124 valence electrons. The van der Waals surface area contributed by atoms with Gasteiger partial charge in [0.15, 0.2) is 0 Å². The molecule has 8 nitrogen and oxygen atoms in total. The molecule has 0 N–H and O–H groups in total. The molecular weight excluding hydrogens is 310 g/mol. The number of aliphatic imine (C=N–C) groups is 1. The Hall–Kier alpha value is -1.09. The van der Waals surface area contributed by atoms with Crippen LogP contribution in [0.3, 0.4) is 0 Å². The Morgan fingerprint density at radius 1 is 1.14 bits per heavy atom. The van der Waals surface area contributed by atoms with Crippen molar-refractivity contribution in [2.24, 2.45) is 4.99 Å². The first kappa shape index (κ1) is 17.3. The van der Waals surface area contributed by atoms with E-state index in [1.807, 2.05) is 13.8 Å². The van der Waals surface area contributed by atoms with Crippen LogP contribution in [0.15, 0.2) is 4.99 Å². The lowest BCUT2D eigenvalue weighted by Gasteiger charge is -2.34. The fourth-order valence-electron chi connectivity index (χ4n) is 2.77. The molecule has 0 atom stereocenters. The second kappa shape index (κ2) is 6.57. The van der Waals surface area contributed by atoms with Crippen LogP contribution in [0.1, 0.15) is 46.5 Å². The average molecular weight is 331 g/mol. The van der Waals surface area contributed by atoms with Gasteiger partial charge < -0.3 is 4.43 Å². The Kier molecular flexibility index (Phi) is 5.16. The molecule has 0 aromatic heterocycles. The summed E-state index contributed by atoms with van der Waals surface area (Å²) in [4.78, 5) is 46.8. The van der Waals surface area contributed by atoms with Crippen molar-refractivity contribution in [3.63, 3.8) is 0 Å². The Labute approximate surface area is 129 Å². The monoisotopic (exact) mass is 331 g/mol. The maximum absolute atomic E-state index is 12.0. The number of hydrogen-bond acceptors (Lipinski definition) is 8. The molecule has 2 saturated heterocycles. The van der Waals surface area contributed by atoms with Crippen molar-refractivity contribution in [3.8, 4) is 0 Å². The molecule has 0 spiro atoms. The predicted octanol–water partition coefficient (Wildman–Crippen LogP) is 1.83. The minimum atomic E-state index is -3.09. The lowest BCUT2D eigenvalue weighted by atomic mass is 10.5. The van der Waals surface area contributed by atoms with Gasteiger partial charge in [0.2, 0.25) is 6.08 Å². The highest BCUT2D eigenvalue weighted by molar-refractivity contribution is 6.80. The van der Waals surface area contributed by atoms with Crippen molar-refractivity contribution < 1.29 is 33.6 Å². The summed E-state index contributed by atoms with van der Waals surface area (Å²) in [5.41, 5.74) is -1.93. The normalized spacial score (nSPS) is 20.9. The van der Waals surface area contributed by atoms with E-state index in [1.165, 1.54) is 6.08 Å². The number of carbonyl (C=O) groups is 1. The number of nitrogens with zero attached hydrogens (tertiary/aromatic N) is 1. The predicted molar refractivity (Wildman–Crippen MR) is 74.9 cm³/mol. The van der Waals surface area contributed by atoms with E-state index in [2.05, 4.69) is 4.99 Å². The highest BCUT2D eigenvalue weighted by atomic mass is 28.4. The molecule has 2 aliphatic rings. The smallest absolute Gasteiger partial charge is 0.391 e. The molecule has 0 unspecified atom stereocenters. The molecule has 2 rings (SSSR count). The Bertz CT molecular complexity index is 449. The van der Waals surface area contributed by atoms with Gasteiger partial charge in [-0.2, -0.15) is 19.6 Å². The summed E-state index contributed by atoms with van der Waals surface area (Å²) in [6.07, 6.45) is 3.30. The molecule has 0 saturated carbocycles. The summed E-state index contributed by atoms with van der Waals surface area (Å²) in [5.74, 6) is -0.343. The quantitative estimate of drug-likeness (QED) is 0.150. The summed E-state index contributed by atoms with van der Waals surface area (Å²) in [6, 6.07) is 0.464. The van der Waals surface area contributed by atoms with Crippen LogP contribution in [0.5, 0.6) is 0 Å². The minimum absolute atomic E-state index is 0.237. The molecule has 22 heavy (non-hydrogen) atoms. The zero-order valence-electron chi connectivity index (χ0n) is 13.0. The molecule has 0 aromatic rings. The van der Waals surface area contributed by atoms with Crippen molar-refractivity contribution >= 4 is 20.4 Å². The van der Waals surface area contributed by atoms with Crippen LogP contribution in [0.25, 0.3) is 0 Å². The molecule has 0 aliphatic carbocycles. The molecule has 9 heteroatoms. The van der Waals surface area contributed by atoms with Gasteiger partial charge in [-0.1, -0.05) is 20.8 Å². The highest BCUT2D eigenvalue weighted by Gasteiger charge is 2.84. The van der Waals surface area contributed by atoms with E-state index in [0.717, 1.165) is 0 Å². The number of rotatable bonds is 10. The second-order valence-electron chi connectivity index (χ2n) is 5.28. The Morgan fingerprint density at radius 3 is 2.05 bits per heavy atom. The summed E-state index contributed by atoms with van der Waals surface area (Å²) in [6.45, 7) is 5.80. The summed E-state index contributed by atoms with van der Waals surface area (Å²) >= 11 is 0. The number of isocyanates is 1. The fourth-order valence-corrected chi connectivity index (χ4v) is 7.48. The van der Waals surface area contributed by atoms with Crippen LogP contribution in [-0.4, -0.2) is 37.7 Å². The molecular formula is C13H21NO7Si. The van der Waals surface area contributed by atoms with Gasteiger partial charge in [0.05, 0.1) is 6.54 Å². The van der Waals surface area contributed by atoms with E-state index < -0.39 is 19.1 Å². The van der Waals surface area contributed by atoms with E-state index in [4.69, 9.17) is 24.0 Å². The minimum Gasteiger partial charge on any atom is -0.507 e. The lowest BCUT2D eigenvalue weighted by molar-refractivity contribution is -0.135. The third kappa shape index (κ3) is 2.76. The van der Waals surface area contributed by atoms with Gasteiger partial charge in [0.1, 0.15) is 0 Å². The van der Waals surface area contributed by atoms with Crippen molar-refractivity contribution in [2.45, 2.75) is 63.3 Å². The molecule has 0 bridgehead atoms. The number of hydrogen-bond donors (Lipinski definition) is 0.